The molecule has 2 N–H and O–H groups in total. The number of hydrogen-bond acceptors (Lipinski definition) is 3. The zero-order valence-corrected chi connectivity index (χ0v) is 11.9. The van der Waals surface area contributed by atoms with Gasteiger partial charge in [-0.1, -0.05) is 18.2 Å². The minimum Gasteiger partial charge on any atom is -0.354 e. The third-order valence-electron chi connectivity index (χ3n) is 3.73. The van der Waals surface area contributed by atoms with E-state index < -0.39 is 0 Å². The number of anilines is 1. The van der Waals surface area contributed by atoms with Crippen LogP contribution in [0.5, 0.6) is 0 Å². The van der Waals surface area contributed by atoms with Gasteiger partial charge in [0.05, 0.1) is 0 Å². The van der Waals surface area contributed by atoms with Gasteiger partial charge in [-0.2, -0.15) is 0 Å². The van der Waals surface area contributed by atoms with Crippen molar-refractivity contribution in [2.24, 2.45) is 0 Å². The van der Waals surface area contributed by atoms with Crippen LogP contribution in [0, 0.1) is 0 Å². The summed E-state index contributed by atoms with van der Waals surface area (Å²) in [5, 5.41) is 6.14. The molecule has 4 nitrogen and oxygen atoms in total. The summed E-state index contributed by atoms with van der Waals surface area (Å²) in [4.78, 5) is 14.5. The van der Waals surface area contributed by atoms with Crippen molar-refractivity contribution >= 4 is 11.6 Å². The molecule has 1 fully saturated rings. The Morgan fingerprint density at radius 2 is 2.05 bits per heavy atom. The molecule has 4 heteroatoms. The van der Waals surface area contributed by atoms with Crippen LogP contribution < -0.4 is 15.5 Å². The summed E-state index contributed by atoms with van der Waals surface area (Å²) < 4.78 is 0. The lowest BCUT2D eigenvalue weighted by Gasteiger charge is -2.42. The monoisotopic (exact) mass is 261 g/mol. The van der Waals surface area contributed by atoms with Crippen molar-refractivity contribution in [1.29, 1.82) is 0 Å². The number of benzene rings is 1. The van der Waals surface area contributed by atoms with E-state index in [-0.39, 0.29) is 17.5 Å². The number of nitrogens with one attached hydrogen (secondary N) is 2. The van der Waals surface area contributed by atoms with E-state index in [9.17, 15) is 4.79 Å². The third-order valence-corrected chi connectivity index (χ3v) is 3.73. The van der Waals surface area contributed by atoms with E-state index in [1.54, 1.807) is 0 Å². The van der Waals surface area contributed by atoms with Gasteiger partial charge in [-0.25, -0.2) is 0 Å². The van der Waals surface area contributed by atoms with Crippen LogP contribution in [0.4, 0.5) is 5.69 Å². The second kappa shape index (κ2) is 5.61. The van der Waals surface area contributed by atoms with Gasteiger partial charge in [-0.05, 0) is 39.4 Å². The van der Waals surface area contributed by atoms with Crippen LogP contribution in [0.2, 0.25) is 0 Å². The number of rotatable bonds is 3. The van der Waals surface area contributed by atoms with Gasteiger partial charge < -0.3 is 15.5 Å². The van der Waals surface area contributed by atoms with Crippen molar-refractivity contribution in [2.45, 2.75) is 31.8 Å². The van der Waals surface area contributed by atoms with Crippen LogP contribution in [-0.4, -0.2) is 37.6 Å². The topological polar surface area (TPSA) is 44.4 Å². The Bertz CT molecular complexity index is 430. The van der Waals surface area contributed by atoms with Crippen LogP contribution in [0.15, 0.2) is 30.3 Å². The van der Waals surface area contributed by atoms with E-state index in [0.717, 1.165) is 18.7 Å². The molecule has 1 aliphatic heterocycles. The molecule has 1 amide bonds. The number of nitrogens with zero attached hydrogens (tertiary/aromatic N) is 1. The number of hydrogen-bond donors (Lipinski definition) is 2. The first kappa shape index (κ1) is 13.9. The van der Waals surface area contributed by atoms with Gasteiger partial charge in [-0.15, -0.1) is 0 Å². The Balaban J connectivity index is 2.42. The second-order valence-corrected chi connectivity index (χ2v) is 5.63. The Kier molecular flexibility index (Phi) is 4.10. The molecular weight excluding hydrogens is 238 g/mol. The predicted molar refractivity (Wildman–Crippen MR) is 78.3 cm³/mol. The van der Waals surface area contributed by atoms with E-state index in [2.05, 4.69) is 41.5 Å². The highest BCUT2D eigenvalue weighted by Crippen LogP contribution is 2.30. The molecule has 0 spiro atoms. The van der Waals surface area contributed by atoms with Crippen molar-refractivity contribution in [3.05, 3.63) is 30.3 Å². The number of para-hydroxylation sites is 1. The maximum absolute atomic E-state index is 12.3. The second-order valence-electron chi connectivity index (χ2n) is 5.63. The van der Waals surface area contributed by atoms with Gasteiger partial charge in [0.25, 0.3) is 0 Å². The molecule has 1 unspecified atom stereocenters. The van der Waals surface area contributed by atoms with Gasteiger partial charge >= 0.3 is 0 Å². The van der Waals surface area contributed by atoms with Gasteiger partial charge in [-0.3, -0.25) is 4.79 Å². The Morgan fingerprint density at radius 3 is 2.68 bits per heavy atom. The smallest absolute Gasteiger partial charge is 0.244 e. The highest BCUT2D eigenvalue weighted by atomic mass is 16.2. The highest BCUT2D eigenvalue weighted by molar-refractivity contribution is 5.86. The van der Waals surface area contributed by atoms with E-state index in [1.807, 2.05) is 25.2 Å². The Morgan fingerprint density at radius 1 is 1.37 bits per heavy atom. The number of amides is 1. The molecule has 1 aliphatic rings. The summed E-state index contributed by atoms with van der Waals surface area (Å²) in [6, 6.07) is 10.0. The average molecular weight is 261 g/mol. The SMILES string of the molecule is CNCC1C(=O)NCCC(C)(C)N1c1ccccc1. The zero-order chi connectivity index (χ0) is 13.9. The molecule has 0 bridgehead atoms. The highest BCUT2D eigenvalue weighted by Gasteiger charge is 2.38. The summed E-state index contributed by atoms with van der Waals surface area (Å²) in [5.41, 5.74) is 1.05. The largest absolute Gasteiger partial charge is 0.354 e. The molecule has 1 saturated heterocycles. The van der Waals surface area contributed by atoms with Crippen molar-refractivity contribution in [3.63, 3.8) is 0 Å². The lowest BCUT2D eigenvalue weighted by Crippen LogP contribution is -2.56. The fraction of sp³-hybridized carbons (Fsp3) is 0.533. The molecular formula is C15H23N3O. The van der Waals surface area contributed by atoms with Crippen molar-refractivity contribution < 1.29 is 4.79 Å². The lowest BCUT2D eigenvalue weighted by molar-refractivity contribution is -0.122. The van der Waals surface area contributed by atoms with Gasteiger partial charge in [0.2, 0.25) is 5.91 Å². The normalized spacial score (nSPS) is 22.8. The van der Waals surface area contributed by atoms with Crippen LogP contribution in [-0.2, 0) is 4.79 Å². The maximum Gasteiger partial charge on any atom is 0.244 e. The fourth-order valence-corrected chi connectivity index (χ4v) is 2.76. The zero-order valence-electron chi connectivity index (χ0n) is 11.9. The molecule has 1 heterocycles. The molecule has 0 radical (unpaired) electrons. The minimum absolute atomic E-state index is 0.0535. The van der Waals surface area contributed by atoms with Crippen LogP contribution in [0.25, 0.3) is 0 Å². The average Bonchev–Trinajstić information content (AvgIpc) is 2.48. The predicted octanol–water partition coefficient (Wildman–Crippen LogP) is 1.38. The molecule has 0 saturated carbocycles. The van der Waals surface area contributed by atoms with Gasteiger partial charge in [0, 0.05) is 24.3 Å². The first-order chi connectivity index (χ1) is 9.06. The Hall–Kier alpha value is -1.55. The number of likely N-dealkylation sites (N-methyl/N-ethyl adjacent to an activating group) is 1. The third kappa shape index (κ3) is 2.89. The molecule has 19 heavy (non-hydrogen) atoms. The summed E-state index contributed by atoms with van der Waals surface area (Å²) in [7, 11) is 1.88. The number of carbonyl (C=O) groups is 1. The summed E-state index contributed by atoms with van der Waals surface area (Å²) in [5.74, 6) is 0.101. The van der Waals surface area contributed by atoms with Crippen molar-refractivity contribution in [3.8, 4) is 0 Å². The standard InChI is InChI=1S/C15H23N3O/c1-15(2)9-10-17-14(19)13(11-16-3)18(15)12-7-5-4-6-8-12/h4-8,13,16H,9-11H2,1-3H3,(H,17,19). The quantitative estimate of drug-likeness (QED) is 0.864. The van der Waals surface area contributed by atoms with E-state index in [0.29, 0.717) is 6.54 Å². The molecule has 2 rings (SSSR count). The lowest BCUT2D eigenvalue weighted by atomic mass is 9.95. The molecule has 104 valence electrons. The molecule has 0 aromatic heterocycles. The van der Waals surface area contributed by atoms with Crippen molar-refractivity contribution in [1.82, 2.24) is 10.6 Å². The molecule has 0 aliphatic carbocycles. The summed E-state index contributed by atoms with van der Waals surface area (Å²) in [6.45, 7) is 5.77. The maximum atomic E-state index is 12.3. The molecule has 1 aromatic rings. The van der Waals surface area contributed by atoms with E-state index in [4.69, 9.17) is 0 Å². The molecule has 1 aromatic carbocycles. The minimum atomic E-state index is -0.176. The summed E-state index contributed by atoms with van der Waals surface area (Å²) >= 11 is 0. The van der Waals surface area contributed by atoms with E-state index >= 15 is 0 Å². The van der Waals surface area contributed by atoms with Crippen molar-refractivity contribution in [2.75, 3.05) is 25.0 Å². The van der Waals surface area contributed by atoms with Crippen LogP contribution in [0.1, 0.15) is 20.3 Å². The van der Waals surface area contributed by atoms with Gasteiger partial charge in [0.15, 0.2) is 0 Å². The summed E-state index contributed by atoms with van der Waals surface area (Å²) in [6.07, 6.45) is 0.938. The van der Waals surface area contributed by atoms with Crippen LogP contribution in [0.3, 0.4) is 0 Å². The van der Waals surface area contributed by atoms with Crippen LogP contribution >= 0.6 is 0 Å². The van der Waals surface area contributed by atoms with E-state index in [1.165, 1.54) is 0 Å². The first-order valence-corrected chi connectivity index (χ1v) is 6.83. The van der Waals surface area contributed by atoms with Gasteiger partial charge in [0.1, 0.15) is 6.04 Å². The Labute approximate surface area is 115 Å². The fourth-order valence-electron chi connectivity index (χ4n) is 2.76. The first-order valence-electron chi connectivity index (χ1n) is 6.83. The molecule has 1 atom stereocenters. The number of carbonyl (C=O) groups excluding carboxylic acids is 1.